The van der Waals surface area contributed by atoms with Crippen LogP contribution in [-0.4, -0.2) is 17.1 Å². The van der Waals surface area contributed by atoms with Crippen molar-refractivity contribution in [1.82, 2.24) is 0 Å². The van der Waals surface area contributed by atoms with Crippen LogP contribution in [0, 0.1) is 12.3 Å². The van der Waals surface area contributed by atoms with Crippen LogP contribution in [0.2, 0.25) is 0 Å². The van der Waals surface area contributed by atoms with E-state index in [0.29, 0.717) is 6.42 Å². The summed E-state index contributed by atoms with van der Waals surface area (Å²) in [5, 5.41) is 8.59. The number of rotatable bonds is 3. The molecule has 1 rings (SSSR count). The van der Waals surface area contributed by atoms with E-state index in [9.17, 15) is 4.79 Å². The fraction of sp³-hybridized carbons (Fsp3) is 0.182. The minimum absolute atomic E-state index is 0.320. The Bertz CT molecular complexity index is 362. The number of hydrogen-bond donors (Lipinski definition) is 2. The Morgan fingerprint density at radius 2 is 2.07 bits per heavy atom. The van der Waals surface area contributed by atoms with Crippen molar-refractivity contribution in [3.63, 3.8) is 0 Å². The largest absolute Gasteiger partial charge is 0.480 e. The molecule has 0 fully saturated rings. The number of nitrogens with two attached hydrogens (primary N) is 1. The summed E-state index contributed by atoms with van der Waals surface area (Å²) in [6.07, 6.45) is 5.50. The molecule has 1 aromatic carbocycles. The van der Waals surface area contributed by atoms with Gasteiger partial charge in [-0.25, -0.2) is 0 Å². The van der Waals surface area contributed by atoms with Gasteiger partial charge < -0.3 is 10.8 Å². The molecule has 3 N–H and O–H groups in total. The van der Waals surface area contributed by atoms with Gasteiger partial charge in [-0.1, -0.05) is 18.1 Å². The molecule has 0 amide bonds. The van der Waals surface area contributed by atoms with Gasteiger partial charge in [0.2, 0.25) is 0 Å². The molecule has 72 valence electrons. The summed E-state index contributed by atoms with van der Waals surface area (Å²) < 4.78 is 0. The van der Waals surface area contributed by atoms with Crippen LogP contribution in [0.5, 0.6) is 0 Å². The molecule has 3 nitrogen and oxygen atoms in total. The number of hydrogen-bond acceptors (Lipinski definition) is 2. The Balaban J connectivity index is 2.70. The highest BCUT2D eigenvalue weighted by Gasteiger charge is 2.11. The zero-order valence-electron chi connectivity index (χ0n) is 7.60. The lowest BCUT2D eigenvalue weighted by Gasteiger charge is -2.05. The molecule has 14 heavy (non-hydrogen) atoms. The van der Waals surface area contributed by atoms with Crippen LogP contribution in [0.1, 0.15) is 11.1 Å². The maximum atomic E-state index is 10.5. The first-order valence-electron chi connectivity index (χ1n) is 4.17. The molecule has 0 aliphatic carbocycles. The van der Waals surface area contributed by atoms with E-state index in [1.54, 1.807) is 24.3 Å². The molecule has 0 aliphatic rings. The van der Waals surface area contributed by atoms with E-state index in [1.807, 2.05) is 0 Å². The smallest absolute Gasteiger partial charge is 0.320 e. The topological polar surface area (TPSA) is 63.3 Å². The monoisotopic (exact) mass is 189 g/mol. The Morgan fingerprint density at radius 3 is 2.50 bits per heavy atom. The highest BCUT2D eigenvalue weighted by Crippen LogP contribution is 2.05. The predicted octanol–water partition coefficient (Wildman–Crippen LogP) is 0.622. The highest BCUT2D eigenvalue weighted by molar-refractivity contribution is 5.73. The Hall–Kier alpha value is -1.79. The van der Waals surface area contributed by atoms with E-state index in [0.717, 1.165) is 11.1 Å². The summed E-state index contributed by atoms with van der Waals surface area (Å²) in [5.41, 5.74) is 7.03. The summed E-state index contributed by atoms with van der Waals surface area (Å²) in [7, 11) is 0. The predicted molar refractivity (Wildman–Crippen MR) is 53.7 cm³/mol. The second kappa shape index (κ2) is 4.45. The van der Waals surface area contributed by atoms with Gasteiger partial charge in [-0.2, -0.15) is 0 Å². The van der Waals surface area contributed by atoms with E-state index in [1.165, 1.54) is 0 Å². The number of carbonyl (C=O) groups is 1. The maximum Gasteiger partial charge on any atom is 0.320 e. The standard InChI is InChI=1S/C11H11NO2/c1-2-8-3-5-9(6-4-8)7-10(12)11(13)14/h1,3-6,10H,7,12H2,(H,13,14)/t10-/m0/s1. The minimum Gasteiger partial charge on any atom is -0.480 e. The molecule has 0 saturated heterocycles. The molecule has 0 unspecified atom stereocenters. The van der Waals surface area contributed by atoms with Crippen LogP contribution in [0.25, 0.3) is 0 Å². The van der Waals surface area contributed by atoms with Gasteiger partial charge in [-0.05, 0) is 24.1 Å². The molecule has 0 saturated carbocycles. The number of carboxylic acid groups (broad SMARTS) is 1. The lowest BCUT2D eigenvalue weighted by atomic mass is 10.1. The second-order valence-electron chi connectivity index (χ2n) is 2.99. The molecule has 0 radical (unpaired) electrons. The Morgan fingerprint density at radius 1 is 1.50 bits per heavy atom. The third-order valence-corrected chi connectivity index (χ3v) is 1.89. The van der Waals surface area contributed by atoms with Crippen LogP contribution in [-0.2, 0) is 11.2 Å². The summed E-state index contributed by atoms with van der Waals surface area (Å²) in [6.45, 7) is 0. The van der Waals surface area contributed by atoms with E-state index in [2.05, 4.69) is 5.92 Å². The lowest BCUT2D eigenvalue weighted by molar-refractivity contribution is -0.138. The van der Waals surface area contributed by atoms with Crippen molar-refractivity contribution in [2.24, 2.45) is 5.73 Å². The highest BCUT2D eigenvalue weighted by atomic mass is 16.4. The molecular formula is C11H11NO2. The molecule has 0 bridgehead atoms. The third-order valence-electron chi connectivity index (χ3n) is 1.89. The fourth-order valence-corrected chi connectivity index (χ4v) is 1.08. The average molecular weight is 189 g/mol. The zero-order valence-corrected chi connectivity index (χ0v) is 7.60. The maximum absolute atomic E-state index is 10.5. The zero-order chi connectivity index (χ0) is 10.6. The van der Waals surface area contributed by atoms with Gasteiger partial charge in [0.05, 0.1) is 0 Å². The van der Waals surface area contributed by atoms with Crippen LogP contribution >= 0.6 is 0 Å². The van der Waals surface area contributed by atoms with Crippen LogP contribution < -0.4 is 5.73 Å². The molecule has 3 heteroatoms. The quantitative estimate of drug-likeness (QED) is 0.685. The van der Waals surface area contributed by atoms with Gasteiger partial charge in [-0.3, -0.25) is 4.79 Å². The van der Waals surface area contributed by atoms with Crippen molar-refractivity contribution in [3.8, 4) is 12.3 Å². The van der Waals surface area contributed by atoms with Crippen molar-refractivity contribution in [3.05, 3.63) is 35.4 Å². The number of benzene rings is 1. The summed E-state index contributed by atoms with van der Waals surface area (Å²) in [6, 6.07) is 6.26. The summed E-state index contributed by atoms with van der Waals surface area (Å²) in [4.78, 5) is 10.5. The van der Waals surface area contributed by atoms with Crippen molar-refractivity contribution < 1.29 is 9.90 Å². The molecule has 1 atom stereocenters. The SMILES string of the molecule is C#Cc1ccc(C[C@H](N)C(=O)O)cc1. The van der Waals surface area contributed by atoms with Gasteiger partial charge in [-0.15, -0.1) is 6.42 Å². The molecule has 0 heterocycles. The van der Waals surface area contributed by atoms with E-state index >= 15 is 0 Å². The van der Waals surface area contributed by atoms with Crippen molar-refractivity contribution >= 4 is 5.97 Å². The molecular weight excluding hydrogens is 178 g/mol. The van der Waals surface area contributed by atoms with Crippen LogP contribution in [0.4, 0.5) is 0 Å². The second-order valence-corrected chi connectivity index (χ2v) is 2.99. The van der Waals surface area contributed by atoms with Crippen LogP contribution in [0.15, 0.2) is 24.3 Å². The van der Waals surface area contributed by atoms with Gasteiger partial charge in [0.1, 0.15) is 6.04 Å². The van der Waals surface area contributed by atoms with E-state index in [-0.39, 0.29) is 0 Å². The first kappa shape index (κ1) is 10.3. The minimum atomic E-state index is -0.994. The first-order valence-corrected chi connectivity index (χ1v) is 4.17. The normalized spacial score (nSPS) is 11.7. The Labute approximate surface area is 82.6 Å². The number of carboxylic acids is 1. The van der Waals surface area contributed by atoms with E-state index < -0.39 is 12.0 Å². The average Bonchev–Trinajstić information content (AvgIpc) is 2.19. The lowest BCUT2D eigenvalue weighted by Crippen LogP contribution is -2.32. The van der Waals surface area contributed by atoms with Gasteiger partial charge in [0.25, 0.3) is 0 Å². The Kier molecular flexibility index (Phi) is 3.27. The number of terminal acetylenes is 1. The fourth-order valence-electron chi connectivity index (χ4n) is 1.08. The third kappa shape index (κ3) is 2.61. The van der Waals surface area contributed by atoms with Gasteiger partial charge in [0.15, 0.2) is 0 Å². The van der Waals surface area contributed by atoms with Gasteiger partial charge >= 0.3 is 5.97 Å². The van der Waals surface area contributed by atoms with Gasteiger partial charge in [0, 0.05) is 5.56 Å². The van der Waals surface area contributed by atoms with Crippen molar-refractivity contribution in [2.45, 2.75) is 12.5 Å². The van der Waals surface area contributed by atoms with Crippen molar-refractivity contribution in [2.75, 3.05) is 0 Å². The molecule has 0 aliphatic heterocycles. The van der Waals surface area contributed by atoms with Crippen LogP contribution in [0.3, 0.4) is 0 Å². The molecule has 0 aromatic heterocycles. The summed E-state index contributed by atoms with van der Waals surface area (Å²) in [5.74, 6) is 1.49. The first-order chi connectivity index (χ1) is 6.63. The molecule has 1 aromatic rings. The molecule has 0 spiro atoms. The van der Waals surface area contributed by atoms with E-state index in [4.69, 9.17) is 17.3 Å². The number of aliphatic carboxylic acids is 1. The van der Waals surface area contributed by atoms with Crippen molar-refractivity contribution in [1.29, 1.82) is 0 Å². The summed E-state index contributed by atoms with van der Waals surface area (Å²) >= 11 is 0.